The number of rotatable bonds is 2. The van der Waals surface area contributed by atoms with Crippen molar-refractivity contribution in [2.45, 2.75) is 32.8 Å². The van der Waals surface area contributed by atoms with Crippen LogP contribution < -0.4 is 17.0 Å². The van der Waals surface area contributed by atoms with Gasteiger partial charge in [-0.3, -0.25) is 0 Å². The number of aliphatic hydroxyl groups is 2. The van der Waals surface area contributed by atoms with Gasteiger partial charge < -0.3 is 44.8 Å². The van der Waals surface area contributed by atoms with Crippen molar-refractivity contribution in [2.75, 3.05) is 6.61 Å². The summed E-state index contributed by atoms with van der Waals surface area (Å²) in [6.45, 7) is 4.42. The molecule has 0 saturated heterocycles. The van der Waals surface area contributed by atoms with Crippen molar-refractivity contribution >= 4 is 28.8 Å². The summed E-state index contributed by atoms with van der Waals surface area (Å²) in [4.78, 5) is 9.81. The van der Waals surface area contributed by atoms with Crippen LogP contribution in [0.15, 0.2) is 0 Å². The van der Waals surface area contributed by atoms with Crippen molar-refractivity contribution in [3.05, 3.63) is 6.42 Å². The van der Waals surface area contributed by atoms with E-state index in [1.54, 1.807) is 6.92 Å². The fraction of sp³-hybridized carbons (Fsp3) is 0.545. The van der Waals surface area contributed by atoms with E-state index in [9.17, 15) is 4.79 Å². The van der Waals surface area contributed by atoms with E-state index in [0.717, 1.165) is 0 Å². The van der Waals surface area contributed by atoms with E-state index >= 15 is 0 Å². The minimum Gasteiger partial charge on any atom is -1.00 e. The SMILES string of the molecule is C#CC(C)(O)CO.CCC(C)=O.[Br-].[C-]#C.[Mg+2]. The first-order valence-corrected chi connectivity index (χ1v) is 3.99. The van der Waals surface area contributed by atoms with E-state index < -0.39 is 5.60 Å². The molecule has 0 aromatic heterocycles. The monoisotopic (exact) mass is 300 g/mol. The first kappa shape index (κ1) is 29.7. The summed E-state index contributed by atoms with van der Waals surface area (Å²) in [6, 6.07) is 0. The molecule has 0 heterocycles. The molecule has 1 unspecified atom stereocenters. The average molecular weight is 301 g/mol. The van der Waals surface area contributed by atoms with Crippen LogP contribution in [0.2, 0.25) is 0 Å². The second-order valence-electron chi connectivity index (χ2n) is 2.63. The van der Waals surface area contributed by atoms with Crippen LogP contribution in [0.5, 0.6) is 0 Å². The summed E-state index contributed by atoms with van der Waals surface area (Å²) in [6.07, 6.45) is 14.4. The predicted octanol–water partition coefficient (Wildman–Crippen LogP) is -2.82. The van der Waals surface area contributed by atoms with Crippen molar-refractivity contribution in [1.29, 1.82) is 0 Å². The van der Waals surface area contributed by atoms with Crippen molar-refractivity contribution in [1.82, 2.24) is 0 Å². The maximum Gasteiger partial charge on any atom is 2.00 e. The Morgan fingerprint density at radius 2 is 1.75 bits per heavy atom. The topological polar surface area (TPSA) is 57.5 Å². The number of hydrogen-bond acceptors (Lipinski definition) is 3. The van der Waals surface area contributed by atoms with Crippen LogP contribution >= 0.6 is 0 Å². The van der Waals surface area contributed by atoms with Crippen LogP contribution in [-0.4, -0.2) is 51.3 Å². The molecule has 3 nitrogen and oxygen atoms in total. The van der Waals surface area contributed by atoms with Gasteiger partial charge in [-0.15, -0.1) is 6.42 Å². The predicted molar refractivity (Wildman–Crippen MR) is 61.5 cm³/mol. The van der Waals surface area contributed by atoms with E-state index in [1.165, 1.54) is 6.92 Å². The van der Waals surface area contributed by atoms with Crippen LogP contribution in [-0.2, 0) is 4.79 Å². The standard InChI is InChI=1S/C5H8O2.C4H8O.C2H.BrH.Mg/c1-3-5(2,7)4-6;1-3-4(2)5;1-2;;/h1,6-7H,4H2,2H3;3H2,1-2H3;1H;1H;/q;;-1;;+2/p-1. The van der Waals surface area contributed by atoms with Crippen molar-refractivity contribution in [3.8, 4) is 18.8 Å². The Balaban J connectivity index is -0.0000000404. The van der Waals surface area contributed by atoms with Gasteiger partial charge >= 0.3 is 23.1 Å². The summed E-state index contributed by atoms with van der Waals surface area (Å²) in [7, 11) is 0. The van der Waals surface area contributed by atoms with Crippen LogP contribution in [0.4, 0.5) is 0 Å². The number of Topliss-reactive ketones (excluding diaryl/α,β-unsaturated/α-hetero) is 1. The molecule has 0 aromatic rings. The molecule has 88 valence electrons. The summed E-state index contributed by atoms with van der Waals surface area (Å²) in [5.74, 6) is 2.25. The first-order valence-electron chi connectivity index (χ1n) is 3.99. The molecule has 0 aliphatic heterocycles. The average Bonchev–Trinajstić information content (AvgIpc) is 2.21. The van der Waals surface area contributed by atoms with Crippen LogP contribution in [0.25, 0.3) is 0 Å². The third kappa shape index (κ3) is 37.0. The molecule has 0 aliphatic carbocycles. The fourth-order valence-corrected chi connectivity index (χ4v) is 0.0456. The number of ketones is 1. The van der Waals surface area contributed by atoms with Gasteiger partial charge in [0.1, 0.15) is 11.4 Å². The number of carbonyl (C=O) groups excluding carboxylic acids is 1. The third-order valence-corrected chi connectivity index (χ3v) is 1.12. The Bertz CT molecular complexity index is 207. The Hall–Kier alpha value is -0.0438. The molecule has 0 saturated carbocycles. The van der Waals surface area contributed by atoms with E-state index in [2.05, 4.69) is 6.42 Å². The molecular formula is C11H17BrMgO3. The molecule has 0 amide bonds. The normalized spacial score (nSPS) is 10.1. The maximum atomic E-state index is 9.81. The molecule has 0 bridgehead atoms. The van der Waals surface area contributed by atoms with Gasteiger partial charge in [0.15, 0.2) is 0 Å². The third-order valence-electron chi connectivity index (χ3n) is 1.12. The second kappa shape index (κ2) is 20.4. The van der Waals surface area contributed by atoms with Crippen LogP contribution in [0.3, 0.4) is 0 Å². The molecule has 2 N–H and O–H groups in total. The molecule has 1 atom stereocenters. The van der Waals surface area contributed by atoms with E-state index in [0.29, 0.717) is 6.42 Å². The van der Waals surface area contributed by atoms with Crippen LogP contribution in [0, 0.1) is 25.2 Å². The summed E-state index contributed by atoms with van der Waals surface area (Å²) >= 11 is 0. The largest absolute Gasteiger partial charge is 2.00 e. The van der Waals surface area contributed by atoms with E-state index in [-0.39, 0.29) is 52.4 Å². The van der Waals surface area contributed by atoms with Gasteiger partial charge in [-0.25, -0.2) is 0 Å². The maximum absolute atomic E-state index is 9.81. The Labute approximate surface area is 125 Å². The molecule has 0 fully saturated rings. The zero-order valence-corrected chi connectivity index (χ0v) is 13.0. The summed E-state index contributed by atoms with van der Waals surface area (Å²) < 4.78 is 0. The minimum atomic E-state index is -1.33. The summed E-state index contributed by atoms with van der Waals surface area (Å²) in [5, 5.41) is 16.8. The minimum absolute atomic E-state index is 0. The van der Waals surface area contributed by atoms with Crippen LogP contribution in [0.1, 0.15) is 27.2 Å². The number of hydrogen-bond donors (Lipinski definition) is 2. The summed E-state index contributed by atoms with van der Waals surface area (Å²) in [5.41, 5.74) is -1.33. The number of carbonyl (C=O) groups is 1. The van der Waals surface area contributed by atoms with Gasteiger partial charge in [0, 0.05) is 6.42 Å². The molecule has 0 spiro atoms. The van der Waals surface area contributed by atoms with E-state index in [4.69, 9.17) is 23.1 Å². The van der Waals surface area contributed by atoms with Crippen molar-refractivity contribution < 1.29 is 32.0 Å². The molecular weight excluding hydrogens is 284 g/mol. The van der Waals surface area contributed by atoms with Crippen molar-refractivity contribution in [2.24, 2.45) is 0 Å². The van der Waals surface area contributed by atoms with Crippen molar-refractivity contribution in [3.63, 3.8) is 0 Å². The van der Waals surface area contributed by atoms with Gasteiger partial charge in [-0.2, -0.15) is 0 Å². The molecule has 0 aromatic carbocycles. The van der Waals surface area contributed by atoms with Gasteiger partial charge in [0.05, 0.1) is 6.61 Å². The first-order chi connectivity index (χ1) is 6.39. The zero-order valence-electron chi connectivity index (χ0n) is 9.96. The quantitative estimate of drug-likeness (QED) is 0.329. The Morgan fingerprint density at radius 3 is 1.75 bits per heavy atom. The molecule has 16 heavy (non-hydrogen) atoms. The number of halogens is 1. The van der Waals surface area contributed by atoms with Gasteiger partial charge in [-0.05, 0) is 13.8 Å². The molecule has 0 radical (unpaired) electrons. The van der Waals surface area contributed by atoms with Gasteiger partial charge in [0.25, 0.3) is 0 Å². The number of aliphatic hydroxyl groups excluding tert-OH is 1. The van der Waals surface area contributed by atoms with Gasteiger partial charge in [-0.1, -0.05) is 12.8 Å². The zero-order chi connectivity index (χ0) is 12.2. The Kier molecular flexibility index (Phi) is 37.9. The Morgan fingerprint density at radius 1 is 1.50 bits per heavy atom. The second-order valence-corrected chi connectivity index (χ2v) is 2.63. The molecule has 5 heteroatoms. The number of terminal acetylenes is 2. The smallest absolute Gasteiger partial charge is 1.00 e. The molecule has 0 rings (SSSR count). The fourth-order valence-electron chi connectivity index (χ4n) is 0.0456. The van der Waals surface area contributed by atoms with Gasteiger partial charge in [0.2, 0.25) is 0 Å². The molecule has 0 aliphatic rings. The van der Waals surface area contributed by atoms with E-state index in [1.807, 2.05) is 12.8 Å².